The molecule has 1 saturated heterocycles. The zero-order chi connectivity index (χ0) is 15.7. The molecule has 4 heteroatoms. The van der Waals surface area contributed by atoms with Crippen molar-refractivity contribution in [1.29, 1.82) is 0 Å². The number of amides is 2. The Labute approximate surface area is 135 Å². The van der Waals surface area contributed by atoms with Gasteiger partial charge in [0, 0.05) is 5.69 Å². The second kappa shape index (κ2) is 4.47. The molecule has 3 fully saturated rings. The number of hydrogen-bond donors (Lipinski definition) is 1. The minimum atomic E-state index is -0.0967. The van der Waals surface area contributed by atoms with Crippen LogP contribution in [0.5, 0.6) is 0 Å². The molecule has 1 aromatic carbocycles. The molecule has 5 aliphatic rings. The monoisotopic (exact) mass is 308 g/mol. The number of allylic oxidation sites excluding steroid dienone is 2. The van der Waals surface area contributed by atoms with Crippen LogP contribution in [0.2, 0.25) is 0 Å². The number of rotatable bonds is 3. The maximum Gasteiger partial charge on any atom is 0.235 e. The molecular weight excluding hydrogens is 288 g/mol. The normalized spacial score (nSPS) is 39.4. The molecule has 1 aromatic rings. The molecule has 6 rings (SSSR count). The average molecular weight is 308 g/mol. The number of carbonyl (C=O) groups is 2. The predicted octanol–water partition coefficient (Wildman–Crippen LogP) is 2.42. The van der Waals surface area contributed by atoms with Crippen molar-refractivity contribution in [3.8, 4) is 0 Å². The highest BCUT2D eigenvalue weighted by Crippen LogP contribution is 2.65. The quantitative estimate of drug-likeness (QED) is 0.689. The molecule has 0 unspecified atom stereocenters. The van der Waals surface area contributed by atoms with E-state index in [9.17, 15) is 9.59 Å². The van der Waals surface area contributed by atoms with Gasteiger partial charge < -0.3 is 5.32 Å². The lowest BCUT2D eigenvalue weighted by atomic mass is 9.63. The van der Waals surface area contributed by atoms with Crippen molar-refractivity contribution in [1.82, 2.24) is 4.90 Å². The molecule has 0 aromatic heterocycles. The molecule has 0 radical (unpaired) electrons. The van der Waals surface area contributed by atoms with Crippen molar-refractivity contribution < 1.29 is 9.59 Å². The van der Waals surface area contributed by atoms with E-state index in [-0.39, 0.29) is 30.3 Å². The molecule has 1 heterocycles. The third kappa shape index (κ3) is 1.78. The summed E-state index contributed by atoms with van der Waals surface area (Å²) < 4.78 is 0. The molecule has 2 amide bonds. The first kappa shape index (κ1) is 13.3. The lowest BCUT2D eigenvalue weighted by Crippen LogP contribution is -2.40. The highest BCUT2D eigenvalue weighted by molar-refractivity contribution is 6.06. The topological polar surface area (TPSA) is 49.4 Å². The minimum Gasteiger partial charge on any atom is -0.367 e. The summed E-state index contributed by atoms with van der Waals surface area (Å²) in [7, 11) is 0. The van der Waals surface area contributed by atoms with Gasteiger partial charge in [-0.3, -0.25) is 14.5 Å². The maximum absolute atomic E-state index is 12.8. The molecule has 1 N–H and O–H groups in total. The van der Waals surface area contributed by atoms with E-state index < -0.39 is 0 Å². The minimum absolute atomic E-state index is 0.0323. The molecule has 23 heavy (non-hydrogen) atoms. The van der Waals surface area contributed by atoms with E-state index in [2.05, 4.69) is 17.5 Å². The van der Waals surface area contributed by atoms with Crippen LogP contribution >= 0.6 is 0 Å². The summed E-state index contributed by atoms with van der Waals surface area (Å²) in [4.78, 5) is 27.1. The third-order valence-corrected chi connectivity index (χ3v) is 6.21. The lowest BCUT2D eigenvalue weighted by Gasteiger charge is -2.37. The van der Waals surface area contributed by atoms with E-state index in [4.69, 9.17) is 0 Å². The van der Waals surface area contributed by atoms with Crippen molar-refractivity contribution in [2.24, 2.45) is 35.5 Å². The van der Waals surface area contributed by atoms with E-state index in [0.717, 1.165) is 11.3 Å². The van der Waals surface area contributed by atoms with Gasteiger partial charge in [-0.25, -0.2) is 0 Å². The summed E-state index contributed by atoms with van der Waals surface area (Å²) in [6, 6.07) is 7.99. The Morgan fingerprint density at radius 1 is 1.09 bits per heavy atom. The Morgan fingerprint density at radius 2 is 1.74 bits per heavy atom. The molecule has 4 aliphatic carbocycles. The van der Waals surface area contributed by atoms with Gasteiger partial charge in [0.1, 0.15) is 0 Å². The first-order valence-corrected chi connectivity index (χ1v) is 8.49. The van der Waals surface area contributed by atoms with Crippen LogP contribution in [-0.2, 0) is 9.59 Å². The number of likely N-dealkylation sites (tertiary alicyclic amines) is 1. The van der Waals surface area contributed by atoms with Crippen LogP contribution in [0.4, 0.5) is 5.69 Å². The Bertz CT molecular complexity index is 705. The van der Waals surface area contributed by atoms with Crippen LogP contribution in [0.25, 0.3) is 0 Å². The standard InChI is InChI=1S/C19H20N2O2/c1-10-3-2-4-11(7-10)20-9-21-18(22)16-12-5-6-13(15-8-14(12)15)17(16)19(21)23/h2-7,12-17,20H,8-9H2,1H3/t12-,13-,14+,15+,16-,17-/m1/s1. The van der Waals surface area contributed by atoms with Gasteiger partial charge in [-0.15, -0.1) is 0 Å². The number of anilines is 1. The van der Waals surface area contributed by atoms with Crippen molar-refractivity contribution in [3.63, 3.8) is 0 Å². The van der Waals surface area contributed by atoms with Crippen LogP contribution in [0.1, 0.15) is 12.0 Å². The smallest absolute Gasteiger partial charge is 0.235 e. The van der Waals surface area contributed by atoms with Gasteiger partial charge in [-0.2, -0.15) is 0 Å². The molecule has 4 nitrogen and oxygen atoms in total. The van der Waals surface area contributed by atoms with Gasteiger partial charge in [0.15, 0.2) is 0 Å². The van der Waals surface area contributed by atoms with Crippen LogP contribution in [0.15, 0.2) is 36.4 Å². The Morgan fingerprint density at radius 3 is 2.35 bits per heavy atom. The first-order valence-electron chi connectivity index (χ1n) is 8.49. The average Bonchev–Trinajstić information content (AvgIpc) is 3.32. The molecule has 2 bridgehead atoms. The number of nitrogens with zero attached hydrogens (tertiary/aromatic N) is 1. The largest absolute Gasteiger partial charge is 0.367 e. The van der Waals surface area contributed by atoms with E-state index in [0.29, 0.717) is 23.7 Å². The fourth-order valence-corrected chi connectivity index (χ4v) is 5.10. The third-order valence-electron chi connectivity index (χ3n) is 6.21. The summed E-state index contributed by atoms with van der Waals surface area (Å²) in [6.45, 7) is 2.31. The number of nitrogens with one attached hydrogen (secondary N) is 1. The fraction of sp³-hybridized carbons (Fsp3) is 0.474. The predicted molar refractivity (Wildman–Crippen MR) is 86.2 cm³/mol. The number of aryl methyl sites for hydroxylation is 1. The van der Waals surface area contributed by atoms with Crippen molar-refractivity contribution in [3.05, 3.63) is 42.0 Å². The molecule has 0 spiro atoms. The highest BCUT2D eigenvalue weighted by Gasteiger charge is 2.66. The van der Waals surface area contributed by atoms with Gasteiger partial charge in [0.05, 0.1) is 18.5 Å². The Hall–Kier alpha value is -2.10. The van der Waals surface area contributed by atoms with Crippen LogP contribution in [-0.4, -0.2) is 23.4 Å². The molecular formula is C19H20N2O2. The SMILES string of the molecule is Cc1cccc(NCN2C(=O)[C@@H]3[C@@H]4C=C[C@H]([C@@H]5C[C@@H]45)[C@H]3C2=O)c1. The van der Waals surface area contributed by atoms with Crippen LogP contribution < -0.4 is 5.32 Å². The maximum atomic E-state index is 12.8. The highest BCUT2D eigenvalue weighted by atomic mass is 16.2. The van der Waals surface area contributed by atoms with E-state index >= 15 is 0 Å². The molecule has 2 saturated carbocycles. The molecule has 118 valence electrons. The number of hydrogen-bond acceptors (Lipinski definition) is 3. The van der Waals surface area contributed by atoms with Crippen LogP contribution in [0, 0.1) is 42.4 Å². The molecule has 1 aliphatic heterocycles. The van der Waals surface area contributed by atoms with Gasteiger partial charge >= 0.3 is 0 Å². The second-order valence-electron chi connectivity index (χ2n) is 7.46. The number of carbonyl (C=O) groups excluding carboxylic acids is 2. The van der Waals surface area contributed by atoms with E-state index in [1.165, 1.54) is 11.3 Å². The van der Waals surface area contributed by atoms with Gasteiger partial charge in [-0.1, -0.05) is 24.3 Å². The van der Waals surface area contributed by atoms with Crippen LogP contribution in [0.3, 0.4) is 0 Å². The summed E-state index contributed by atoms with van der Waals surface area (Å²) in [6.07, 6.45) is 5.63. The fourth-order valence-electron chi connectivity index (χ4n) is 5.10. The summed E-state index contributed by atoms with van der Waals surface area (Å²) in [5, 5.41) is 3.23. The van der Waals surface area contributed by atoms with E-state index in [1.54, 1.807) is 0 Å². The zero-order valence-electron chi connectivity index (χ0n) is 13.1. The molecule has 6 atom stereocenters. The Kier molecular flexibility index (Phi) is 2.59. The number of benzene rings is 1. The first-order chi connectivity index (χ1) is 11.1. The van der Waals surface area contributed by atoms with Crippen molar-refractivity contribution in [2.75, 3.05) is 12.0 Å². The van der Waals surface area contributed by atoms with Gasteiger partial charge in [0.2, 0.25) is 11.8 Å². The summed E-state index contributed by atoms with van der Waals surface area (Å²) in [5.41, 5.74) is 2.11. The number of imide groups is 1. The Balaban J connectivity index is 1.37. The zero-order valence-corrected chi connectivity index (χ0v) is 13.1. The van der Waals surface area contributed by atoms with E-state index in [1.807, 2.05) is 31.2 Å². The van der Waals surface area contributed by atoms with Crippen molar-refractivity contribution in [2.45, 2.75) is 13.3 Å². The van der Waals surface area contributed by atoms with Crippen molar-refractivity contribution >= 4 is 17.5 Å². The second-order valence-corrected chi connectivity index (χ2v) is 7.46. The van der Waals surface area contributed by atoms with Gasteiger partial charge in [0.25, 0.3) is 0 Å². The van der Waals surface area contributed by atoms with Gasteiger partial charge in [-0.05, 0) is 54.7 Å². The summed E-state index contributed by atoms with van der Waals surface area (Å²) >= 11 is 0. The summed E-state index contributed by atoms with van der Waals surface area (Å²) in [5.74, 6) is 1.79. The lowest BCUT2D eigenvalue weighted by molar-refractivity contribution is -0.139.